The summed E-state index contributed by atoms with van der Waals surface area (Å²) in [5.41, 5.74) is 2.74. The molecular formula is C10H14N2S. The number of unbranched alkanes of at least 4 members (excludes halogenated alkanes) is 1. The van der Waals surface area contributed by atoms with E-state index in [9.17, 15) is 0 Å². The van der Waals surface area contributed by atoms with Crippen molar-refractivity contribution in [2.75, 3.05) is 6.54 Å². The van der Waals surface area contributed by atoms with E-state index >= 15 is 0 Å². The Kier molecular flexibility index (Phi) is 4.52. The molecule has 0 fully saturated rings. The molecule has 70 valence electrons. The fourth-order valence-electron chi connectivity index (χ4n) is 1.08. The first-order valence-corrected chi connectivity index (χ1v) is 5.38. The van der Waals surface area contributed by atoms with Gasteiger partial charge in [0.1, 0.15) is 0 Å². The highest BCUT2D eigenvalue weighted by atomic mass is 32.1. The third-order valence-electron chi connectivity index (χ3n) is 1.92. The maximum Gasteiger partial charge on any atom is 0.0622 e. The van der Waals surface area contributed by atoms with Crippen molar-refractivity contribution in [3.8, 4) is 6.07 Å². The molecule has 0 atom stereocenters. The average molecular weight is 194 g/mol. The number of rotatable bonds is 5. The number of hydrogen-bond acceptors (Lipinski definition) is 3. The average Bonchev–Trinajstić information content (AvgIpc) is 2.52. The van der Waals surface area contributed by atoms with Gasteiger partial charge in [-0.2, -0.15) is 16.6 Å². The van der Waals surface area contributed by atoms with E-state index in [0.29, 0.717) is 6.42 Å². The Hall–Kier alpha value is -0.850. The van der Waals surface area contributed by atoms with Crippen LogP contribution < -0.4 is 5.32 Å². The first-order valence-electron chi connectivity index (χ1n) is 4.44. The van der Waals surface area contributed by atoms with Crippen molar-refractivity contribution >= 4 is 11.3 Å². The summed E-state index contributed by atoms with van der Waals surface area (Å²) in [6, 6.07) is 2.13. The lowest BCUT2D eigenvalue weighted by Gasteiger charge is -2.01. The highest BCUT2D eigenvalue weighted by Crippen LogP contribution is 2.12. The summed E-state index contributed by atoms with van der Waals surface area (Å²) in [6.45, 7) is 3.99. The molecule has 0 spiro atoms. The molecule has 0 aliphatic rings. The molecule has 1 aromatic rings. The van der Waals surface area contributed by atoms with Crippen molar-refractivity contribution in [1.29, 1.82) is 5.26 Å². The van der Waals surface area contributed by atoms with Crippen LogP contribution in [0.5, 0.6) is 0 Å². The second-order valence-corrected chi connectivity index (χ2v) is 3.76. The van der Waals surface area contributed by atoms with Gasteiger partial charge in [-0.25, -0.2) is 0 Å². The highest BCUT2D eigenvalue weighted by molar-refractivity contribution is 7.08. The van der Waals surface area contributed by atoms with E-state index in [-0.39, 0.29) is 0 Å². The van der Waals surface area contributed by atoms with Crippen LogP contribution in [0.3, 0.4) is 0 Å². The van der Waals surface area contributed by atoms with Gasteiger partial charge < -0.3 is 5.32 Å². The summed E-state index contributed by atoms with van der Waals surface area (Å²) in [5, 5.41) is 16.0. The Morgan fingerprint density at radius 1 is 1.54 bits per heavy atom. The van der Waals surface area contributed by atoms with Crippen LogP contribution in [0.15, 0.2) is 10.8 Å². The lowest BCUT2D eigenvalue weighted by molar-refractivity contribution is 0.657. The highest BCUT2D eigenvalue weighted by Gasteiger charge is 1.97. The second-order valence-electron chi connectivity index (χ2n) is 3.02. The van der Waals surface area contributed by atoms with Crippen LogP contribution in [-0.2, 0) is 6.54 Å². The van der Waals surface area contributed by atoms with Gasteiger partial charge in [0.05, 0.1) is 6.07 Å². The molecule has 0 bridgehead atoms. The van der Waals surface area contributed by atoms with Crippen molar-refractivity contribution < 1.29 is 0 Å². The normalized spacial score (nSPS) is 9.85. The van der Waals surface area contributed by atoms with Crippen molar-refractivity contribution in [2.24, 2.45) is 0 Å². The van der Waals surface area contributed by atoms with E-state index in [0.717, 1.165) is 19.5 Å². The Morgan fingerprint density at radius 2 is 2.38 bits per heavy atom. The molecule has 0 saturated carbocycles. The molecule has 1 N–H and O–H groups in total. The predicted octanol–water partition coefficient (Wildman–Crippen LogP) is 2.45. The Bertz CT molecular complexity index is 285. The molecule has 1 heterocycles. The fourth-order valence-corrected chi connectivity index (χ4v) is 1.94. The van der Waals surface area contributed by atoms with Gasteiger partial charge in [0.25, 0.3) is 0 Å². The van der Waals surface area contributed by atoms with Crippen molar-refractivity contribution in [1.82, 2.24) is 5.32 Å². The lowest BCUT2D eigenvalue weighted by Crippen LogP contribution is -2.14. The largest absolute Gasteiger partial charge is 0.313 e. The molecule has 0 aliphatic heterocycles. The summed E-state index contributed by atoms with van der Waals surface area (Å²) in [6.07, 6.45) is 1.59. The Labute approximate surface area is 83.2 Å². The molecular weight excluding hydrogens is 180 g/mol. The van der Waals surface area contributed by atoms with Gasteiger partial charge in [-0.15, -0.1) is 0 Å². The number of thiophene rings is 1. The lowest BCUT2D eigenvalue weighted by atomic mass is 10.2. The standard InChI is InChI=1S/C10H14N2S/c1-9-7-13-8-10(9)6-12-5-3-2-4-11/h7-8,12H,2-3,5-6H2,1H3. The zero-order chi connectivity index (χ0) is 9.52. The van der Waals surface area contributed by atoms with E-state index in [1.165, 1.54) is 11.1 Å². The molecule has 0 aromatic carbocycles. The molecule has 0 amide bonds. The molecule has 1 aromatic heterocycles. The molecule has 0 radical (unpaired) electrons. The van der Waals surface area contributed by atoms with Crippen molar-refractivity contribution in [3.05, 3.63) is 21.9 Å². The summed E-state index contributed by atoms with van der Waals surface area (Å²) >= 11 is 1.74. The van der Waals surface area contributed by atoms with E-state index < -0.39 is 0 Å². The monoisotopic (exact) mass is 194 g/mol. The van der Waals surface area contributed by atoms with E-state index in [1.807, 2.05) is 0 Å². The molecule has 0 aliphatic carbocycles. The minimum absolute atomic E-state index is 0.648. The van der Waals surface area contributed by atoms with Crippen LogP contribution in [0.25, 0.3) is 0 Å². The van der Waals surface area contributed by atoms with Gasteiger partial charge >= 0.3 is 0 Å². The predicted molar refractivity (Wildman–Crippen MR) is 55.6 cm³/mol. The summed E-state index contributed by atoms with van der Waals surface area (Å²) < 4.78 is 0. The second kappa shape index (κ2) is 5.74. The molecule has 2 nitrogen and oxygen atoms in total. The first-order chi connectivity index (χ1) is 6.34. The van der Waals surface area contributed by atoms with Gasteiger partial charge in [-0.3, -0.25) is 0 Å². The van der Waals surface area contributed by atoms with E-state index in [1.54, 1.807) is 11.3 Å². The number of nitriles is 1. The van der Waals surface area contributed by atoms with Crippen molar-refractivity contribution in [2.45, 2.75) is 26.3 Å². The van der Waals surface area contributed by atoms with Crippen LogP contribution in [0.4, 0.5) is 0 Å². The summed E-state index contributed by atoms with van der Waals surface area (Å²) in [5.74, 6) is 0. The molecule has 1 rings (SSSR count). The maximum atomic E-state index is 8.32. The van der Waals surface area contributed by atoms with Crippen LogP contribution in [0.1, 0.15) is 24.0 Å². The van der Waals surface area contributed by atoms with E-state index in [4.69, 9.17) is 5.26 Å². The third kappa shape index (κ3) is 3.58. The molecule has 0 saturated heterocycles. The van der Waals surface area contributed by atoms with Gasteiger partial charge in [-0.1, -0.05) is 0 Å². The topological polar surface area (TPSA) is 35.8 Å². The van der Waals surface area contributed by atoms with Gasteiger partial charge in [0.15, 0.2) is 0 Å². The Balaban J connectivity index is 2.14. The minimum atomic E-state index is 0.648. The zero-order valence-electron chi connectivity index (χ0n) is 7.84. The van der Waals surface area contributed by atoms with Gasteiger partial charge in [0, 0.05) is 13.0 Å². The number of aryl methyl sites for hydroxylation is 1. The van der Waals surface area contributed by atoms with Crippen LogP contribution in [-0.4, -0.2) is 6.54 Å². The summed E-state index contributed by atoms with van der Waals surface area (Å²) in [4.78, 5) is 0. The molecule has 0 unspecified atom stereocenters. The Morgan fingerprint density at radius 3 is 3.00 bits per heavy atom. The molecule has 13 heavy (non-hydrogen) atoms. The van der Waals surface area contributed by atoms with Crippen LogP contribution >= 0.6 is 11.3 Å². The number of nitrogens with one attached hydrogen (secondary N) is 1. The maximum absolute atomic E-state index is 8.32. The fraction of sp³-hybridized carbons (Fsp3) is 0.500. The number of nitrogens with zero attached hydrogens (tertiary/aromatic N) is 1. The summed E-state index contributed by atoms with van der Waals surface area (Å²) in [7, 11) is 0. The first kappa shape index (κ1) is 10.2. The quantitative estimate of drug-likeness (QED) is 0.731. The smallest absolute Gasteiger partial charge is 0.0622 e. The van der Waals surface area contributed by atoms with Crippen molar-refractivity contribution in [3.63, 3.8) is 0 Å². The molecule has 3 heteroatoms. The van der Waals surface area contributed by atoms with E-state index in [2.05, 4.69) is 29.1 Å². The number of hydrogen-bond donors (Lipinski definition) is 1. The van der Waals surface area contributed by atoms with Gasteiger partial charge in [0.2, 0.25) is 0 Å². The third-order valence-corrected chi connectivity index (χ3v) is 2.83. The minimum Gasteiger partial charge on any atom is -0.313 e. The SMILES string of the molecule is Cc1cscc1CNCCCC#N. The zero-order valence-corrected chi connectivity index (χ0v) is 8.66. The van der Waals surface area contributed by atoms with Crippen LogP contribution in [0.2, 0.25) is 0 Å². The van der Waals surface area contributed by atoms with Gasteiger partial charge in [-0.05, 0) is 41.8 Å². The van der Waals surface area contributed by atoms with Crippen LogP contribution in [0, 0.1) is 18.3 Å².